The number of piperidine rings is 1. The van der Waals surface area contributed by atoms with Crippen LogP contribution in [0.4, 0.5) is 13.2 Å². The number of likely N-dealkylation sites (tertiary alicyclic amines) is 1. The zero-order valence-electron chi connectivity index (χ0n) is 12.3. The molecule has 1 aromatic carbocycles. The Morgan fingerprint density at radius 2 is 2.05 bits per heavy atom. The Hall–Kier alpha value is -1.50. The molecule has 0 aromatic heterocycles. The summed E-state index contributed by atoms with van der Waals surface area (Å²) in [6, 6.07) is 7.45. The first kappa shape index (κ1) is 16.9. The van der Waals surface area contributed by atoms with Crippen molar-refractivity contribution < 1.29 is 17.9 Å². The van der Waals surface area contributed by atoms with E-state index >= 15 is 0 Å². The standard InChI is InChI=1S/C15H19F3N2OS/c1-21-13-6-4-11(5-7-13)9-19-14(22)20-8-2-3-12(10-20)15(16,17)18/h4-7,12H,2-3,8-10H2,1H3,(H,19,22)/t12-/m1/s1. The summed E-state index contributed by atoms with van der Waals surface area (Å²) in [6.45, 7) is 0.995. The number of ether oxygens (including phenoxy) is 1. The number of nitrogens with zero attached hydrogens (tertiary/aromatic N) is 1. The molecule has 1 aliphatic rings. The van der Waals surface area contributed by atoms with E-state index in [0.29, 0.717) is 24.6 Å². The second-order valence-electron chi connectivity index (χ2n) is 5.33. The fourth-order valence-corrected chi connectivity index (χ4v) is 2.70. The molecule has 122 valence electrons. The van der Waals surface area contributed by atoms with Crippen molar-refractivity contribution in [1.82, 2.24) is 10.2 Å². The van der Waals surface area contributed by atoms with E-state index in [9.17, 15) is 13.2 Å². The van der Waals surface area contributed by atoms with E-state index in [2.05, 4.69) is 5.32 Å². The molecule has 1 fully saturated rings. The van der Waals surface area contributed by atoms with Gasteiger partial charge in [0.25, 0.3) is 0 Å². The van der Waals surface area contributed by atoms with Crippen LogP contribution >= 0.6 is 12.2 Å². The van der Waals surface area contributed by atoms with Crippen LogP contribution in [0.3, 0.4) is 0 Å². The molecular weight excluding hydrogens is 313 g/mol. The highest BCUT2D eigenvalue weighted by Crippen LogP contribution is 2.33. The van der Waals surface area contributed by atoms with E-state index < -0.39 is 12.1 Å². The summed E-state index contributed by atoms with van der Waals surface area (Å²) < 4.78 is 43.5. The number of alkyl halides is 3. The number of hydrogen-bond donors (Lipinski definition) is 1. The van der Waals surface area contributed by atoms with Gasteiger partial charge in [-0.15, -0.1) is 0 Å². The molecule has 0 saturated carbocycles. The van der Waals surface area contributed by atoms with Crippen molar-refractivity contribution in [3.05, 3.63) is 29.8 Å². The fraction of sp³-hybridized carbons (Fsp3) is 0.533. The molecular formula is C15H19F3N2OS. The summed E-state index contributed by atoms with van der Waals surface area (Å²) in [4.78, 5) is 1.61. The minimum Gasteiger partial charge on any atom is -0.497 e. The number of methoxy groups -OCH3 is 1. The van der Waals surface area contributed by atoms with Gasteiger partial charge in [0.2, 0.25) is 0 Å². The summed E-state index contributed by atoms with van der Waals surface area (Å²) in [7, 11) is 1.59. The summed E-state index contributed by atoms with van der Waals surface area (Å²) in [6.07, 6.45) is -3.46. The SMILES string of the molecule is COc1ccc(CNC(=S)N2CCC[C@@H](C(F)(F)F)C2)cc1. The summed E-state index contributed by atoms with van der Waals surface area (Å²) in [5.74, 6) is -0.530. The minimum absolute atomic E-state index is 0.0576. The Morgan fingerprint density at radius 1 is 1.36 bits per heavy atom. The predicted molar refractivity (Wildman–Crippen MR) is 82.8 cm³/mol. The van der Waals surface area contributed by atoms with Gasteiger partial charge in [0.1, 0.15) is 5.75 Å². The average molecular weight is 332 g/mol. The second-order valence-corrected chi connectivity index (χ2v) is 5.72. The number of rotatable bonds is 3. The molecule has 0 aliphatic carbocycles. The third kappa shape index (κ3) is 4.50. The van der Waals surface area contributed by atoms with Crippen LogP contribution in [0.2, 0.25) is 0 Å². The quantitative estimate of drug-likeness (QED) is 0.858. The predicted octanol–water partition coefficient (Wildman–Crippen LogP) is 3.34. The average Bonchev–Trinajstić information content (AvgIpc) is 2.52. The Kier molecular flexibility index (Phi) is 5.50. The lowest BCUT2D eigenvalue weighted by atomic mass is 9.98. The van der Waals surface area contributed by atoms with Crippen LogP contribution in [-0.2, 0) is 6.54 Å². The highest BCUT2D eigenvalue weighted by atomic mass is 32.1. The number of hydrogen-bond acceptors (Lipinski definition) is 2. The maximum absolute atomic E-state index is 12.8. The van der Waals surface area contributed by atoms with Crippen molar-refractivity contribution in [2.75, 3.05) is 20.2 Å². The van der Waals surface area contributed by atoms with Gasteiger partial charge < -0.3 is 15.0 Å². The zero-order chi connectivity index (χ0) is 16.2. The Balaban J connectivity index is 1.86. The molecule has 1 atom stereocenters. The molecule has 1 aromatic rings. The minimum atomic E-state index is -4.15. The maximum atomic E-state index is 12.8. The van der Waals surface area contributed by atoms with Gasteiger partial charge in [0.05, 0.1) is 13.0 Å². The van der Waals surface area contributed by atoms with E-state index in [0.717, 1.165) is 11.3 Å². The smallest absolute Gasteiger partial charge is 0.393 e. The normalized spacial score (nSPS) is 18.9. The van der Waals surface area contributed by atoms with Crippen LogP contribution in [0.25, 0.3) is 0 Å². The van der Waals surface area contributed by atoms with Gasteiger partial charge in [0, 0.05) is 19.6 Å². The number of halogens is 3. The van der Waals surface area contributed by atoms with Crippen LogP contribution in [0.5, 0.6) is 5.75 Å². The molecule has 0 amide bonds. The highest BCUT2D eigenvalue weighted by molar-refractivity contribution is 7.80. The van der Waals surface area contributed by atoms with Crippen LogP contribution < -0.4 is 10.1 Å². The van der Waals surface area contributed by atoms with Crippen LogP contribution in [0.15, 0.2) is 24.3 Å². The van der Waals surface area contributed by atoms with Gasteiger partial charge in [-0.2, -0.15) is 13.2 Å². The maximum Gasteiger partial charge on any atom is 0.393 e. The monoisotopic (exact) mass is 332 g/mol. The largest absolute Gasteiger partial charge is 0.497 e. The van der Waals surface area contributed by atoms with E-state index in [1.807, 2.05) is 24.3 Å². The van der Waals surface area contributed by atoms with Crippen LogP contribution in [0, 0.1) is 5.92 Å². The second kappa shape index (κ2) is 7.17. The number of nitrogens with one attached hydrogen (secondary N) is 1. The van der Waals surface area contributed by atoms with Gasteiger partial charge in [0.15, 0.2) is 5.11 Å². The third-order valence-electron chi connectivity index (χ3n) is 3.77. The summed E-state index contributed by atoms with van der Waals surface area (Å²) in [5, 5.41) is 3.41. The molecule has 0 bridgehead atoms. The fourth-order valence-electron chi connectivity index (χ4n) is 2.46. The number of thiocarbonyl (C=S) groups is 1. The molecule has 22 heavy (non-hydrogen) atoms. The van der Waals surface area contributed by atoms with Crippen molar-refractivity contribution in [3.63, 3.8) is 0 Å². The Morgan fingerprint density at radius 3 is 2.64 bits per heavy atom. The van der Waals surface area contributed by atoms with Gasteiger partial charge in [-0.3, -0.25) is 0 Å². The molecule has 0 radical (unpaired) electrons. The molecule has 1 aliphatic heterocycles. The Labute approximate surface area is 133 Å². The summed E-state index contributed by atoms with van der Waals surface area (Å²) >= 11 is 5.22. The van der Waals surface area contributed by atoms with Gasteiger partial charge >= 0.3 is 6.18 Å². The molecule has 1 heterocycles. The summed E-state index contributed by atoms with van der Waals surface area (Å²) in [5.41, 5.74) is 0.993. The molecule has 0 spiro atoms. The van der Waals surface area contributed by atoms with E-state index in [4.69, 9.17) is 17.0 Å². The van der Waals surface area contributed by atoms with Gasteiger partial charge in [-0.25, -0.2) is 0 Å². The van der Waals surface area contributed by atoms with Crippen molar-refractivity contribution in [2.24, 2.45) is 5.92 Å². The van der Waals surface area contributed by atoms with Crippen molar-refractivity contribution >= 4 is 17.3 Å². The van der Waals surface area contributed by atoms with Crippen molar-refractivity contribution in [1.29, 1.82) is 0 Å². The first-order valence-corrected chi connectivity index (χ1v) is 7.53. The van der Waals surface area contributed by atoms with E-state index in [1.165, 1.54) is 0 Å². The Bertz CT molecular complexity index is 505. The number of benzene rings is 1. The lowest BCUT2D eigenvalue weighted by molar-refractivity contribution is -0.183. The lowest BCUT2D eigenvalue weighted by Crippen LogP contribution is -2.48. The molecule has 7 heteroatoms. The highest BCUT2D eigenvalue weighted by Gasteiger charge is 2.42. The first-order valence-electron chi connectivity index (χ1n) is 7.12. The van der Waals surface area contributed by atoms with E-state index in [1.54, 1.807) is 12.0 Å². The molecule has 2 rings (SSSR count). The van der Waals surface area contributed by atoms with Crippen molar-refractivity contribution in [3.8, 4) is 5.75 Å². The molecule has 1 saturated heterocycles. The molecule has 0 unspecified atom stereocenters. The third-order valence-corrected chi connectivity index (χ3v) is 4.18. The van der Waals surface area contributed by atoms with Crippen molar-refractivity contribution in [2.45, 2.75) is 25.6 Å². The van der Waals surface area contributed by atoms with Crippen LogP contribution in [0.1, 0.15) is 18.4 Å². The van der Waals surface area contributed by atoms with Gasteiger partial charge in [-0.1, -0.05) is 12.1 Å². The lowest BCUT2D eigenvalue weighted by Gasteiger charge is -2.35. The van der Waals surface area contributed by atoms with Crippen LogP contribution in [-0.4, -0.2) is 36.4 Å². The zero-order valence-corrected chi connectivity index (χ0v) is 13.1. The van der Waals surface area contributed by atoms with E-state index in [-0.39, 0.29) is 13.0 Å². The van der Waals surface area contributed by atoms with Gasteiger partial charge in [-0.05, 0) is 42.8 Å². The molecule has 1 N–H and O–H groups in total. The topological polar surface area (TPSA) is 24.5 Å². The first-order chi connectivity index (χ1) is 10.4. The molecule has 3 nitrogen and oxygen atoms in total.